The van der Waals surface area contributed by atoms with Crippen LogP contribution in [0, 0.1) is 5.92 Å². The molecule has 1 aliphatic heterocycles. The number of benzene rings is 1. The molecule has 3 rings (SSSR count). The molecule has 0 amide bonds. The van der Waals surface area contributed by atoms with Gasteiger partial charge in [0.2, 0.25) is 0 Å². The molecule has 3 nitrogen and oxygen atoms in total. The molecule has 1 aromatic rings. The second-order valence-electron chi connectivity index (χ2n) is 6.68. The Bertz CT molecular complexity index is 594. The molecular weight excluding hydrogens is 284 g/mol. The first kappa shape index (κ1) is 15.0. The lowest BCUT2D eigenvalue weighted by Gasteiger charge is -2.28. The number of hydrogen-bond acceptors (Lipinski definition) is 3. The van der Waals surface area contributed by atoms with Crippen LogP contribution in [0.2, 0.25) is 0 Å². The maximum absolute atomic E-state index is 11.5. The molecular formula is C17H24O3S. The number of hydrogen-bond donors (Lipinski definition) is 1. The van der Waals surface area contributed by atoms with Gasteiger partial charge in [0.05, 0.1) is 17.6 Å². The zero-order valence-corrected chi connectivity index (χ0v) is 13.2. The van der Waals surface area contributed by atoms with Crippen molar-refractivity contribution in [2.45, 2.75) is 50.5 Å². The molecule has 0 spiro atoms. The number of fused-ring (bicyclic) bond motifs is 1. The zero-order valence-electron chi connectivity index (χ0n) is 12.4. The molecule has 0 radical (unpaired) electrons. The Labute approximate surface area is 127 Å². The van der Waals surface area contributed by atoms with Crippen LogP contribution in [0.4, 0.5) is 0 Å². The van der Waals surface area contributed by atoms with E-state index >= 15 is 0 Å². The van der Waals surface area contributed by atoms with Crippen LogP contribution in [-0.4, -0.2) is 31.1 Å². The fourth-order valence-corrected chi connectivity index (χ4v) is 5.85. The van der Waals surface area contributed by atoms with Gasteiger partial charge in [-0.25, -0.2) is 8.42 Å². The van der Waals surface area contributed by atoms with Gasteiger partial charge in [-0.05, 0) is 61.5 Å². The maximum Gasteiger partial charge on any atom is 0.150 e. The van der Waals surface area contributed by atoms with Crippen LogP contribution < -0.4 is 0 Å². The Morgan fingerprint density at radius 2 is 2.00 bits per heavy atom. The van der Waals surface area contributed by atoms with Crippen molar-refractivity contribution in [1.82, 2.24) is 0 Å². The molecule has 21 heavy (non-hydrogen) atoms. The normalized spacial score (nSPS) is 29.0. The Morgan fingerprint density at radius 1 is 1.19 bits per heavy atom. The predicted octanol–water partition coefficient (Wildman–Crippen LogP) is 2.68. The van der Waals surface area contributed by atoms with Crippen molar-refractivity contribution in [2.24, 2.45) is 5.92 Å². The van der Waals surface area contributed by atoms with Crippen LogP contribution in [-0.2, 0) is 16.3 Å². The third-order valence-electron chi connectivity index (χ3n) is 4.98. The van der Waals surface area contributed by atoms with E-state index in [-0.39, 0.29) is 17.8 Å². The number of sulfone groups is 1. The van der Waals surface area contributed by atoms with E-state index in [0.29, 0.717) is 18.1 Å². The average molecular weight is 308 g/mol. The van der Waals surface area contributed by atoms with Gasteiger partial charge in [0.1, 0.15) is 0 Å². The van der Waals surface area contributed by atoms with Gasteiger partial charge >= 0.3 is 0 Å². The minimum atomic E-state index is -2.83. The monoisotopic (exact) mass is 308 g/mol. The van der Waals surface area contributed by atoms with Crippen LogP contribution in [0.1, 0.15) is 49.1 Å². The summed E-state index contributed by atoms with van der Waals surface area (Å²) in [6, 6.07) is 8.54. The van der Waals surface area contributed by atoms with Crippen molar-refractivity contribution < 1.29 is 13.5 Å². The smallest absolute Gasteiger partial charge is 0.150 e. The lowest BCUT2D eigenvalue weighted by Crippen LogP contribution is -2.20. The summed E-state index contributed by atoms with van der Waals surface area (Å²) in [4.78, 5) is 0. The van der Waals surface area contributed by atoms with E-state index in [2.05, 4.69) is 24.3 Å². The molecule has 0 aromatic heterocycles. The van der Waals surface area contributed by atoms with Crippen LogP contribution in [0.3, 0.4) is 0 Å². The molecule has 2 aliphatic rings. The first-order valence-electron chi connectivity index (χ1n) is 8.00. The lowest BCUT2D eigenvalue weighted by atomic mass is 9.79. The van der Waals surface area contributed by atoms with Gasteiger partial charge in [-0.2, -0.15) is 0 Å². The van der Waals surface area contributed by atoms with Crippen LogP contribution in [0.15, 0.2) is 24.3 Å². The highest BCUT2D eigenvalue weighted by Crippen LogP contribution is 2.36. The quantitative estimate of drug-likeness (QED) is 0.930. The Hall–Kier alpha value is -0.870. The number of aliphatic hydroxyl groups is 1. The van der Waals surface area contributed by atoms with Crippen LogP contribution >= 0.6 is 0 Å². The summed E-state index contributed by atoms with van der Waals surface area (Å²) in [7, 11) is -2.83. The highest BCUT2D eigenvalue weighted by molar-refractivity contribution is 7.91. The third kappa shape index (κ3) is 3.67. The maximum atomic E-state index is 11.5. The average Bonchev–Trinajstić information content (AvgIpc) is 2.78. The zero-order chi connectivity index (χ0) is 14.9. The van der Waals surface area contributed by atoms with Crippen molar-refractivity contribution in [3.63, 3.8) is 0 Å². The predicted molar refractivity (Wildman–Crippen MR) is 84.1 cm³/mol. The van der Waals surface area contributed by atoms with E-state index in [1.54, 1.807) is 0 Å². The van der Waals surface area contributed by atoms with Crippen LogP contribution in [0.25, 0.3) is 0 Å². The minimum absolute atomic E-state index is 0.156. The van der Waals surface area contributed by atoms with Crippen molar-refractivity contribution in [2.75, 3.05) is 11.5 Å². The second-order valence-corrected chi connectivity index (χ2v) is 8.91. The fourth-order valence-electron chi connectivity index (χ4n) is 3.97. The fraction of sp³-hybridized carbons (Fsp3) is 0.647. The standard InChI is InChI=1S/C17H24O3S/c18-16(10-13-8-9-21(19,20)12-13)11-15-6-3-5-14-4-1-2-7-17(14)15/h1-2,4,7,13,15-16,18H,3,5-6,8-12H2. The van der Waals surface area contributed by atoms with E-state index in [1.165, 1.54) is 17.5 Å². The van der Waals surface area contributed by atoms with E-state index < -0.39 is 9.84 Å². The van der Waals surface area contributed by atoms with E-state index in [1.807, 2.05) is 0 Å². The summed E-state index contributed by atoms with van der Waals surface area (Å²) in [6.45, 7) is 0. The molecule has 1 heterocycles. The molecule has 1 N–H and O–H groups in total. The largest absolute Gasteiger partial charge is 0.393 e. The lowest BCUT2D eigenvalue weighted by molar-refractivity contribution is 0.126. The van der Waals surface area contributed by atoms with Gasteiger partial charge in [0.25, 0.3) is 0 Å². The Balaban J connectivity index is 1.60. The molecule has 1 saturated heterocycles. The van der Waals surface area contributed by atoms with Crippen molar-refractivity contribution in [1.29, 1.82) is 0 Å². The second kappa shape index (κ2) is 6.09. The molecule has 1 fully saturated rings. The van der Waals surface area contributed by atoms with Gasteiger partial charge in [0, 0.05) is 0 Å². The van der Waals surface area contributed by atoms with E-state index in [9.17, 15) is 13.5 Å². The SMILES string of the molecule is O=S1(=O)CCC(CC(O)CC2CCCc3ccccc32)C1. The summed E-state index contributed by atoms with van der Waals surface area (Å²) in [5.41, 5.74) is 2.81. The summed E-state index contributed by atoms with van der Waals surface area (Å²) >= 11 is 0. The van der Waals surface area contributed by atoms with Gasteiger partial charge in [-0.15, -0.1) is 0 Å². The van der Waals surface area contributed by atoms with Crippen molar-refractivity contribution in [3.05, 3.63) is 35.4 Å². The molecule has 0 bridgehead atoms. The summed E-state index contributed by atoms with van der Waals surface area (Å²) in [5.74, 6) is 1.16. The number of aryl methyl sites for hydroxylation is 1. The molecule has 0 saturated carbocycles. The summed E-state index contributed by atoms with van der Waals surface area (Å²) in [5, 5.41) is 10.4. The highest BCUT2D eigenvalue weighted by Gasteiger charge is 2.30. The first-order chi connectivity index (χ1) is 10.0. The van der Waals surface area contributed by atoms with E-state index in [4.69, 9.17) is 0 Å². The highest BCUT2D eigenvalue weighted by atomic mass is 32.2. The number of rotatable bonds is 4. The Kier molecular flexibility index (Phi) is 4.36. The third-order valence-corrected chi connectivity index (χ3v) is 6.82. The van der Waals surface area contributed by atoms with Gasteiger partial charge in [-0.3, -0.25) is 0 Å². The van der Waals surface area contributed by atoms with Gasteiger partial charge in [-0.1, -0.05) is 24.3 Å². The first-order valence-corrected chi connectivity index (χ1v) is 9.82. The van der Waals surface area contributed by atoms with E-state index in [0.717, 1.165) is 25.7 Å². The topological polar surface area (TPSA) is 54.4 Å². The summed E-state index contributed by atoms with van der Waals surface area (Å²) < 4.78 is 23.0. The van der Waals surface area contributed by atoms with Crippen molar-refractivity contribution in [3.8, 4) is 0 Å². The molecule has 1 aromatic carbocycles. The molecule has 1 aliphatic carbocycles. The van der Waals surface area contributed by atoms with Gasteiger partial charge < -0.3 is 5.11 Å². The summed E-state index contributed by atoms with van der Waals surface area (Å²) in [6.07, 6.45) is 5.22. The van der Waals surface area contributed by atoms with Gasteiger partial charge in [0.15, 0.2) is 9.84 Å². The van der Waals surface area contributed by atoms with Crippen molar-refractivity contribution >= 4 is 9.84 Å². The molecule has 116 valence electrons. The minimum Gasteiger partial charge on any atom is -0.393 e. The molecule has 3 atom stereocenters. The number of aliphatic hydroxyl groups excluding tert-OH is 1. The molecule has 4 heteroatoms. The molecule has 3 unspecified atom stereocenters. The van der Waals surface area contributed by atoms with Crippen LogP contribution in [0.5, 0.6) is 0 Å². The Morgan fingerprint density at radius 3 is 2.76 bits per heavy atom.